The number of carbonyl (C=O) groups excluding carboxylic acids is 2. The van der Waals surface area contributed by atoms with Gasteiger partial charge in [-0.2, -0.15) is 26.3 Å². The van der Waals surface area contributed by atoms with Crippen molar-refractivity contribution in [3.8, 4) is 0 Å². The Labute approximate surface area is 337 Å². The largest absolute Gasteiger partial charge is 0.416 e. The molecule has 2 amide bonds. The Kier molecular flexibility index (Phi) is 13.2. The van der Waals surface area contributed by atoms with Crippen LogP contribution in [0, 0.1) is 0 Å². The Morgan fingerprint density at radius 3 is 2.26 bits per heavy atom. The maximum absolute atomic E-state index is 13.8. The number of fused-ring (bicyclic) bond motifs is 2. The number of aliphatic hydroxyl groups is 1. The zero-order valence-corrected chi connectivity index (χ0v) is 32.9. The Hall–Kier alpha value is -3.40. The predicted octanol–water partition coefficient (Wildman–Crippen LogP) is 8.00. The van der Waals surface area contributed by atoms with Gasteiger partial charge in [0, 0.05) is 44.3 Å². The molecule has 3 aromatic rings. The normalized spacial score (nSPS) is 21.2. The van der Waals surface area contributed by atoms with Crippen molar-refractivity contribution in [3.63, 3.8) is 0 Å². The number of benzene rings is 3. The van der Waals surface area contributed by atoms with E-state index in [0.717, 1.165) is 12.8 Å². The summed E-state index contributed by atoms with van der Waals surface area (Å²) in [5, 5.41) is 9.59. The number of rotatable bonds is 12. The van der Waals surface area contributed by atoms with Gasteiger partial charge in [0.1, 0.15) is 12.2 Å². The third-order valence-electron chi connectivity index (χ3n) is 11.6. The topological polar surface area (TPSA) is 82.5 Å². The average molecular weight is 845 g/mol. The number of likely N-dealkylation sites (N-methyl/N-ethyl adjacent to an activating group) is 1. The standard InChI is InChI=1S/C41H45Cl2F6N3O5/c1-50(13-4-5-18-53)36(54)25-56-35-22-27-6-2-3-7-32(27)38(35)10-14-51(15-11-38)16-12-39(29-8-9-33(42)34(43)24-29)26-52(17-19-57-39)37(55)28-20-30(40(44,45)46)23-31(21-28)41(47,48)49/h2-3,6-9,20-21,23-24,35,53H,4-5,10-19,22,25-26H2,1H3/t35-,39+/m0/s1. The number of morpholine rings is 1. The van der Waals surface area contributed by atoms with Crippen LogP contribution in [0.4, 0.5) is 26.3 Å². The number of piperidine rings is 1. The summed E-state index contributed by atoms with van der Waals surface area (Å²) in [6.45, 7) is 2.07. The van der Waals surface area contributed by atoms with Crippen molar-refractivity contribution in [2.45, 2.75) is 68.0 Å². The van der Waals surface area contributed by atoms with Crippen LogP contribution < -0.4 is 0 Å². The fourth-order valence-corrected chi connectivity index (χ4v) is 8.71. The van der Waals surface area contributed by atoms with Crippen molar-refractivity contribution >= 4 is 35.0 Å². The number of alkyl halides is 6. The van der Waals surface area contributed by atoms with Crippen molar-refractivity contribution in [2.24, 2.45) is 0 Å². The van der Waals surface area contributed by atoms with E-state index in [9.17, 15) is 35.9 Å². The molecular formula is C41H45Cl2F6N3O5. The van der Waals surface area contributed by atoms with Gasteiger partial charge in [0.2, 0.25) is 5.91 Å². The molecule has 3 aliphatic rings. The van der Waals surface area contributed by atoms with Crippen LogP contribution >= 0.6 is 23.2 Å². The summed E-state index contributed by atoms with van der Waals surface area (Å²) >= 11 is 12.7. The highest BCUT2D eigenvalue weighted by molar-refractivity contribution is 6.42. The lowest BCUT2D eigenvalue weighted by Gasteiger charge is -2.46. The van der Waals surface area contributed by atoms with Crippen molar-refractivity contribution < 1.29 is 50.5 Å². The van der Waals surface area contributed by atoms with E-state index in [1.165, 1.54) is 16.0 Å². The molecule has 1 aliphatic carbocycles. The molecule has 2 fully saturated rings. The number of hydrogen-bond donors (Lipinski definition) is 1. The van der Waals surface area contributed by atoms with Crippen molar-refractivity contribution in [2.75, 3.05) is 66.1 Å². The first kappa shape index (κ1) is 43.2. The van der Waals surface area contributed by atoms with Crippen molar-refractivity contribution in [3.05, 3.63) is 104 Å². The van der Waals surface area contributed by atoms with Crippen LogP contribution in [0.2, 0.25) is 10.0 Å². The summed E-state index contributed by atoms with van der Waals surface area (Å²) in [4.78, 5) is 31.9. The number of hydrogen-bond acceptors (Lipinski definition) is 6. The van der Waals surface area contributed by atoms with Gasteiger partial charge in [0.25, 0.3) is 5.91 Å². The lowest BCUT2D eigenvalue weighted by atomic mass is 9.72. The summed E-state index contributed by atoms with van der Waals surface area (Å²) in [5.74, 6) is -1.11. The predicted molar refractivity (Wildman–Crippen MR) is 202 cm³/mol. The van der Waals surface area contributed by atoms with E-state index in [4.69, 9.17) is 37.8 Å². The molecular weight excluding hydrogens is 799 g/mol. The Morgan fingerprint density at radius 2 is 1.61 bits per heavy atom. The number of ether oxygens (including phenoxy) is 2. The molecule has 2 saturated heterocycles. The Bertz CT molecular complexity index is 1890. The second-order valence-corrected chi connectivity index (χ2v) is 16.0. The summed E-state index contributed by atoms with van der Waals surface area (Å²) in [7, 11) is 1.73. The number of aliphatic hydroxyl groups excluding tert-OH is 1. The van der Waals surface area contributed by atoms with Gasteiger partial charge in [-0.05, 0) is 98.6 Å². The van der Waals surface area contributed by atoms with Gasteiger partial charge in [0.15, 0.2) is 0 Å². The SMILES string of the molecule is CN(CCCCO)C(=O)CO[C@H]1Cc2ccccc2C12CCN(CC[C@]1(c3ccc(Cl)c(Cl)c3)CN(C(=O)c3cc(C(F)(F)F)cc(C(F)(F)F)c3)CCO1)CC2. The molecule has 2 heterocycles. The van der Waals surface area contributed by atoms with E-state index in [2.05, 4.69) is 17.0 Å². The number of unbranched alkanes of at least 4 members (excludes halogenated alkanes) is 1. The first-order valence-electron chi connectivity index (χ1n) is 18.9. The lowest BCUT2D eigenvalue weighted by Crippen LogP contribution is -2.54. The van der Waals surface area contributed by atoms with E-state index in [-0.39, 0.29) is 66.4 Å². The molecule has 16 heteroatoms. The van der Waals surface area contributed by atoms with Gasteiger partial charge < -0.3 is 29.3 Å². The van der Waals surface area contributed by atoms with Gasteiger partial charge in [0.05, 0.1) is 40.4 Å². The number of carbonyl (C=O) groups is 2. The summed E-state index contributed by atoms with van der Waals surface area (Å²) in [5.41, 5.74) is -2.47. The maximum Gasteiger partial charge on any atom is 0.416 e. The summed E-state index contributed by atoms with van der Waals surface area (Å²) in [6.07, 6.45) is -6.69. The molecule has 0 unspecified atom stereocenters. The number of likely N-dealkylation sites (tertiary alicyclic amines) is 1. The van der Waals surface area contributed by atoms with Crippen LogP contribution in [-0.2, 0) is 44.1 Å². The maximum atomic E-state index is 13.8. The van der Waals surface area contributed by atoms with E-state index in [1.807, 2.05) is 12.1 Å². The third kappa shape index (κ3) is 9.57. The van der Waals surface area contributed by atoms with Gasteiger partial charge in [-0.15, -0.1) is 0 Å². The van der Waals surface area contributed by atoms with Crippen molar-refractivity contribution in [1.29, 1.82) is 0 Å². The molecule has 0 aromatic heterocycles. The molecule has 3 aromatic carbocycles. The quantitative estimate of drug-likeness (QED) is 0.147. The van der Waals surface area contributed by atoms with Crippen LogP contribution in [0.5, 0.6) is 0 Å². The number of amides is 2. The Morgan fingerprint density at radius 1 is 0.930 bits per heavy atom. The molecule has 2 atom stereocenters. The molecule has 0 bridgehead atoms. The molecule has 0 saturated carbocycles. The van der Waals surface area contributed by atoms with Gasteiger partial charge in [-0.25, -0.2) is 0 Å². The highest BCUT2D eigenvalue weighted by Crippen LogP contribution is 2.48. The Balaban J connectivity index is 1.20. The molecule has 0 radical (unpaired) electrons. The fourth-order valence-electron chi connectivity index (χ4n) is 8.41. The molecule has 1 N–H and O–H groups in total. The highest BCUT2D eigenvalue weighted by Gasteiger charge is 2.50. The first-order chi connectivity index (χ1) is 27.0. The van der Waals surface area contributed by atoms with Crippen LogP contribution in [0.15, 0.2) is 60.7 Å². The van der Waals surface area contributed by atoms with Gasteiger partial charge >= 0.3 is 12.4 Å². The first-order valence-corrected chi connectivity index (χ1v) is 19.7. The van der Waals surface area contributed by atoms with Crippen LogP contribution in [-0.4, -0.2) is 104 Å². The summed E-state index contributed by atoms with van der Waals surface area (Å²) < 4.78 is 95.1. The van der Waals surface area contributed by atoms with Crippen molar-refractivity contribution in [1.82, 2.24) is 14.7 Å². The molecule has 8 nitrogen and oxygen atoms in total. The minimum absolute atomic E-state index is 0.00191. The number of halogens is 8. The lowest BCUT2D eigenvalue weighted by molar-refractivity contribution is -0.143. The average Bonchev–Trinajstić information content (AvgIpc) is 3.48. The highest BCUT2D eigenvalue weighted by atomic mass is 35.5. The van der Waals surface area contributed by atoms with Crippen LogP contribution in [0.1, 0.15) is 70.3 Å². The molecule has 6 rings (SSSR count). The summed E-state index contributed by atoms with van der Waals surface area (Å²) in [6, 6.07) is 14.0. The molecule has 310 valence electrons. The van der Waals surface area contributed by atoms with Gasteiger partial charge in [-0.3, -0.25) is 9.59 Å². The third-order valence-corrected chi connectivity index (χ3v) is 12.4. The van der Waals surface area contributed by atoms with Crippen LogP contribution in [0.25, 0.3) is 0 Å². The smallest absolute Gasteiger partial charge is 0.396 e. The second kappa shape index (κ2) is 17.4. The van der Waals surface area contributed by atoms with Gasteiger partial charge in [-0.1, -0.05) is 53.5 Å². The van der Waals surface area contributed by atoms with E-state index >= 15 is 0 Å². The minimum Gasteiger partial charge on any atom is -0.396 e. The number of nitrogens with zero attached hydrogens (tertiary/aromatic N) is 3. The van der Waals surface area contributed by atoms with E-state index in [1.54, 1.807) is 30.1 Å². The molecule has 1 spiro atoms. The molecule has 57 heavy (non-hydrogen) atoms. The monoisotopic (exact) mass is 843 g/mol. The molecule has 2 aliphatic heterocycles. The second-order valence-electron chi connectivity index (χ2n) is 15.1. The zero-order chi connectivity index (χ0) is 41.2. The van der Waals surface area contributed by atoms with E-state index in [0.29, 0.717) is 69.6 Å². The minimum atomic E-state index is -5.11. The van der Waals surface area contributed by atoms with E-state index < -0.39 is 40.6 Å². The fraction of sp³-hybridized carbons (Fsp3) is 0.512. The zero-order valence-electron chi connectivity index (χ0n) is 31.4. The van der Waals surface area contributed by atoms with Crippen LogP contribution in [0.3, 0.4) is 0 Å².